The molecule has 0 atom stereocenters. The molecule has 0 saturated heterocycles. The van der Waals surface area contributed by atoms with Crippen LogP contribution in [0.4, 0.5) is 4.79 Å². The summed E-state index contributed by atoms with van der Waals surface area (Å²) in [7, 11) is 0. The maximum Gasteiger partial charge on any atom is 0.433 e. The molecule has 0 heterocycles. The molecule has 1 aromatic carbocycles. The Morgan fingerprint density at radius 1 is 1.21 bits per heavy atom. The SMILES string of the molecule is CC(C)COC(=O)N=C(c1ccccc1)C(C)(C)C. The summed E-state index contributed by atoms with van der Waals surface area (Å²) < 4.78 is 5.12. The van der Waals surface area contributed by atoms with Gasteiger partial charge in [0.1, 0.15) is 0 Å². The third kappa shape index (κ3) is 5.25. The number of hydrogen-bond donors (Lipinski definition) is 0. The molecule has 0 spiro atoms. The van der Waals surface area contributed by atoms with Gasteiger partial charge in [0, 0.05) is 5.41 Å². The van der Waals surface area contributed by atoms with Crippen molar-refractivity contribution in [2.45, 2.75) is 34.6 Å². The van der Waals surface area contributed by atoms with Crippen LogP contribution in [0, 0.1) is 11.3 Å². The Labute approximate surface area is 115 Å². The highest BCUT2D eigenvalue weighted by atomic mass is 16.5. The molecular weight excluding hydrogens is 238 g/mol. The van der Waals surface area contributed by atoms with Gasteiger partial charge >= 0.3 is 6.09 Å². The highest BCUT2D eigenvalue weighted by molar-refractivity contribution is 6.08. The predicted molar refractivity (Wildman–Crippen MR) is 78.6 cm³/mol. The molecule has 0 bridgehead atoms. The number of rotatable bonds is 3. The number of aliphatic imine (C=N–C) groups is 1. The van der Waals surface area contributed by atoms with E-state index in [-0.39, 0.29) is 5.41 Å². The Hall–Kier alpha value is -1.64. The normalized spacial score (nSPS) is 12.6. The van der Waals surface area contributed by atoms with E-state index in [1.54, 1.807) is 0 Å². The summed E-state index contributed by atoms with van der Waals surface area (Å²) in [4.78, 5) is 15.9. The van der Waals surface area contributed by atoms with Gasteiger partial charge in [0.05, 0.1) is 12.3 Å². The molecule has 19 heavy (non-hydrogen) atoms. The first-order valence-corrected chi connectivity index (χ1v) is 6.62. The molecule has 0 radical (unpaired) electrons. The van der Waals surface area contributed by atoms with E-state index in [1.807, 2.05) is 65.0 Å². The minimum absolute atomic E-state index is 0.210. The average Bonchev–Trinajstić information content (AvgIpc) is 2.33. The zero-order valence-corrected chi connectivity index (χ0v) is 12.4. The van der Waals surface area contributed by atoms with Gasteiger partial charge < -0.3 is 4.74 Å². The zero-order valence-electron chi connectivity index (χ0n) is 12.4. The Balaban J connectivity index is 2.96. The predicted octanol–water partition coefficient (Wildman–Crippen LogP) is 4.31. The smallest absolute Gasteiger partial charge is 0.433 e. The first kappa shape index (κ1) is 15.4. The van der Waals surface area contributed by atoms with Crippen LogP contribution in [0.25, 0.3) is 0 Å². The van der Waals surface area contributed by atoms with Crippen molar-refractivity contribution in [2.75, 3.05) is 6.61 Å². The third-order valence-electron chi connectivity index (χ3n) is 2.50. The number of hydrogen-bond acceptors (Lipinski definition) is 2. The van der Waals surface area contributed by atoms with Crippen molar-refractivity contribution in [3.8, 4) is 0 Å². The van der Waals surface area contributed by atoms with Crippen molar-refractivity contribution in [1.29, 1.82) is 0 Å². The summed E-state index contributed by atoms with van der Waals surface area (Å²) >= 11 is 0. The van der Waals surface area contributed by atoms with Crippen molar-refractivity contribution in [3.63, 3.8) is 0 Å². The lowest BCUT2D eigenvalue weighted by Gasteiger charge is -2.21. The molecule has 1 aromatic rings. The summed E-state index contributed by atoms with van der Waals surface area (Å²) in [6.07, 6.45) is -0.512. The third-order valence-corrected chi connectivity index (χ3v) is 2.50. The fourth-order valence-electron chi connectivity index (χ4n) is 1.62. The Morgan fingerprint density at radius 3 is 2.26 bits per heavy atom. The first-order valence-electron chi connectivity index (χ1n) is 6.62. The van der Waals surface area contributed by atoms with Gasteiger partial charge in [-0.1, -0.05) is 65.0 Å². The lowest BCUT2D eigenvalue weighted by molar-refractivity contribution is 0.143. The number of nitrogens with zero attached hydrogens (tertiary/aromatic N) is 1. The Kier molecular flexibility index (Phi) is 5.28. The van der Waals surface area contributed by atoms with Crippen molar-refractivity contribution in [3.05, 3.63) is 35.9 Å². The minimum atomic E-state index is -0.512. The lowest BCUT2D eigenvalue weighted by Crippen LogP contribution is -2.23. The number of benzene rings is 1. The van der Waals surface area contributed by atoms with Crippen LogP contribution in [0.5, 0.6) is 0 Å². The lowest BCUT2D eigenvalue weighted by atomic mass is 9.85. The van der Waals surface area contributed by atoms with E-state index >= 15 is 0 Å². The molecule has 0 aliphatic carbocycles. The summed E-state index contributed by atoms with van der Waals surface area (Å²) in [5.41, 5.74) is 1.50. The fourth-order valence-corrected chi connectivity index (χ4v) is 1.62. The fraction of sp³-hybridized carbons (Fsp3) is 0.500. The van der Waals surface area contributed by atoms with Crippen LogP contribution in [0.2, 0.25) is 0 Å². The second-order valence-corrected chi connectivity index (χ2v) is 6.05. The summed E-state index contributed by atoms with van der Waals surface area (Å²) in [5, 5.41) is 0. The maximum absolute atomic E-state index is 11.8. The van der Waals surface area contributed by atoms with Gasteiger partial charge in [-0.05, 0) is 11.5 Å². The average molecular weight is 261 g/mol. The molecule has 0 aliphatic rings. The largest absolute Gasteiger partial charge is 0.448 e. The monoisotopic (exact) mass is 261 g/mol. The van der Waals surface area contributed by atoms with E-state index in [4.69, 9.17) is 4.74 Å². The van der Waals surface area contributed by atoms with E-state index in [0.29, 0.717) is 12.5 Å². The summed E-state index contributed by atoms with van der Waals surface area (Å²) in [6, 6.07) is 9.74. The van der Waals surface area contributed by atoms with Crippen LogP contribution >= 0.6 is 0 Å². The molecule has 0 aromatic heterocycles. The van der Waals surface area contributed by atoms with Crippen LogP contribution < -0.4 is 0 Å². The zero-order chi connectivity index (χ0) is 14.5. The first-order chi connectivity index (χ1) is 8.80. The second-order valence-electron chi connectivity index (χ2n) is 6.05. The molecule has 3 heteroatoms. The molecule has 104 valence electrons. The number of ether oxygens (including phenoxy) is 1. The van der Waals surface area contributed by atoms with Crippen LogP contribution in [0.3, 0.4) is 0 Å². The van der Waals surface area contributed by atoms with E-state index in [1.165, 1.54) is 0 Å². The quantitative estimate of drug-likeness (QED) is 0.760. The highest BCUT2D eigenvalue weighted by Crippen LogP contribution is 2.22. The minimum Gasteiger partial charge on any atom is -0.448 e. The molecule has 1 amide bonds. The van der Waals surface area contributed by atoms with Crippen LogP contribution in [0.1, 0.15) is 40.2 Å². The molecule has 0 unspecified atom stereocenters. The Morgan fingerprint density at radius 2 is 1.79 bits per heavy atom. The van der Waals surface area contributed by atoms with Gasteiger partial charge in [0.25, 0.3) is 0 Å². The second kappa shape index (κ2) is 6.50. The summed E-state index contributed by atoms with van der Waals surface area (Å²) in [6.45, 7) is 10.5. The van der Waals surface area contributed by atoms with Gasteiger partial charge in [0.15, 0.2) is 0 Å². The highest BCUT2D eigenvalue weighted by Gasteiger charge is 2.22. The van der Waals surface area contributed by atoms with Crippen molar-refractivity contribution in [1.82, 2.24) is 0 Å². The van der Waals surface area contributed by atoms with Gasteiger partial charge in [-0.3, -0.25) is 0 Å². The number of carbonyl (C=O) groups is 1. The van der Waals surface area contributed by atoms with Gasteiger partial charge in [-0.25, -0.2) is 4.79 Å². The van der Waals surface area contributed by atoms with Crippen LogP contribution in [-0.4, -0.2) is 18.4 Å². The molecule has 0 saturated carbocycles. The van der Waals surface area contributed by atoms with Crippen molar-refractivity contribution in [2.24, 2.45) is 16.3 Å². The summed E-state index contributed by atoms with van der Waals surface area (Å²) in [5.74, 6) is 0.314. The van der Waals surface area contributed by atoms with Gasteiger partial charge in [-0.15, -0.1) is 0 Å². The standard InChI is InChI=1S/C16H23NO2/c1-12(2)11-19-15(18)17-14(16(3,4)5)13-9-7-6-8-10-13/h6-10,12H,11H2,1-5H3. The molecule has 3 nitrogen and oxygen atoms in total. The van der Waals surface area contributed by atoms with E-state index in [0.717, 1.165) is 11.3 Å². The van der Waals surface area contributed by atoms with Crippen LogP contribution in [-0.2, 0) is 4.74 Å². The maximum atomic E-state index is 11.8. The number of amides is 1. The van der Waals surface area contributed by atoms with Gasteiger partial charge in [-0.2, -0.15) is 4.99 Å². The van der Waals surface area contributed by atoms with E-state index in [2.05, 4.69) is 4.99 Å². The molecule has 1 rings (SSSR count). The van der Waals surface area contributed by atoms with E-state index in [9.17, 15) is 4.79 Å². The number of carbonyl (C=O) groups excluding carboxylic acids is 1. The van der Waals surface area contributed by atoms with E-state index < -0.39 is 6.09 Å². The van der Waals surface area contributed by atoms with Crippen molar-refractivity contribution >= 4 is 11.8 Å². The van der Waals surface area contributed by atoms with Gasteiger partial charge in [0.2, 0.25) is 0 Å². The topological polar surface area (TPSA) is 38.7 Å². The Bertz CT molecular complexity index is 442. The van der Waals surface area contributed by atoms with Crippen molar-refractivity contribution < 1.29 is 9.53 Å². The molecule has 0 aliphatic heterocycles. The van der Waals surface area contributed by atoms with Crippen LogP contribution in [0.15, 0.2) is 35.3 Å². The molecule has 0 N–H and O–H groups in total. The molecular formula is C16H23NO2. The molecule has 0 fully saturated rings.